The largest absolute Gasteiger partial charge is 1.00 e. The number of carboxylic acids is 1. The average molecular weight is 438 g/mol. The number of likely N-dealkylation sites (tertiary alicyclic amines) is 1. The smallest absolute Gasteiger partial charge is 0.543 e. The van der Waals surface area contributed by atoms with Crippen molar-refractivity contribution in [2.75, 3.05) is 13.2 Å². The molecule has 3 atom stereocenters. The van der Waals surface area contributed by atoms with Gasteiger partial charge in [0, 0.05) is 19.0 Å². The van der Waals surface area contributed by atoms with Crippen LogP contribution in [0.5, 0.6) is 5.75 Å². The quantitative estimate of drug-likeness (QED) is 0.308. The van der Waals surface area contributed by atoms with Gasteiger partial charge in [0.25, 0.3) is 5.91 Å². The molecule has 4 rings (SSSR count). The number of carbonyl (C=O) groups excluding carboxylic acids is 4. The second-order valence-corrected chi connectivity index (χ2v) is 7.33. The number of aliphatic carboxylic acids is 1. The van der Waals surface area contributed by atoms with E-state index in [1.54, 1.807) is 12.1 Å². The molecule has 2 fully saturated rings. The molecule has 158 valence electrons. The van der Waals surface area contributed by atoms with Crippen LogP contribution in [-0.4, -0.2) is 64.1 Å². The fourth-order valence-corrected chi connectivity index (χ4v) is 4.44. The first-order valence-electron chi connectivity index (χ1n) is 9.31. The Bertz CT molecular complexity index is 965. The molecule has 4 amide bonds. The molecule has 1 aromatic carbocycles. The van der Waals surface area contributed by atoms with Crippen molar-refractivity contribution >= 4 is 24.0 Å². The molecule has 1 unspecified atom stereocenters. The number of carbonyl (C=O) groups is 4. The molecule has 0 bridgehead atoms. The van der Waals surface area contributed by atoms with Gasteiger partial charge < -0.3 is 40.6 Å². The molecule has 4 N–H and O–H groups in total. The Balaban J connectivity index is 0.00000272. The zero-order valence-electron chi connectivity index (χ0n) is 16.7. The second kappa shape index (κ2) is 8.77. The number of hydrogen-bond acceptors (Lipinski definition) is 7. The molecule has 3 aliphatic heterocycles. The first kappa shape index (κ1) is 22.9. The Kier molecular flexibility index (Phi) is 6.48. The Labute approximate surface area is 199 Å². The third-order valence-electron chi connectivity index (χ3n) is 5.74. The number of phenolic OH excluding ortho intramolecular Hbond substituents is 1. The molecule has 31 heavy (non-hydrogen) atoms. The summed E-state index contributed by atoms with van der Waals surface area (Å²) in [6.45, 7) is 0.0885. The Morgan fingerprint density at radius 3 is 2.55 bits per heavy atom. The van der Waals surface area contributed by atoms with Gasteiger partial charge in [0.1, 0.15) is 18.4 Å². The molecule has 0 aliphatic carbocycles. The average Bonchev–Trinajstić information content (AvgIpc) is 3.03. The topological polar surface area (TPSA) is 165 Å². The van der Waals surface area contributed by atoms with Gasteiger partial charge in [-0.2, -0.15) is 0 Å². The molecule has 0 radical (unpaired) electrons. The summed E-state index contributed by atoms with van der Waals surface area (Å²) in [6.07, 6.45) is -0.658. The normalized spacial score (nSPS) is 23.5. The molecule has 1 aromatic rings. The summed E-state index contributed by atoms with van der Waals surface area (Å²) in [5, 5.41) is 23.7. The fraction of sp³-hybridized carbons (Fsp3) is 0.368. The van der Waals surface area contributed by atoms with Crippen LogP contribution in [0.3, 0.4) is 0 Å². The minimum Gasteiger partial charge on any atom is -0.543 e. The number of amides is 4. The van der Waals surface area contributed by atoms with Crippen molar-refractivity contribution in [1.82, 2.24) is 15.1 Å². The Morgan fingerprint density at radius 1 is 1.26 bits per heavy atom. The van der Waals surface area contributed by atoms with E-state index in [-0.39, 0.29) is 72.2 Å². The summed E-state index contributed by atoms with van der Waals surface area (Å²) in [4.78, 5) is 50.5. The molecule has 0 aromatic heterocycles. The zero-order chi connectivity index (χ0) is 21.6. The number of β-lactam (4-membered cyclic amide) rings is 1. The van der Waals surface area contributed by atoms with E-state index in [1.165, 1.54) is 17.0 Å². The van der Waals surface area contributed by atoms with Crippen molar-refractivity contribution in [3.8, 4) is 5.75 Å². The summed E-state index contributed by atoms with van der Waals surface area (Å²) in [6, 6.07) is 4.54. The first-order valence-corrected chi connectivity index (χ1v) is 9.31. The molecule has 3 heterocycles. The molecule has 0 saturated carbocycles. The maximum Gasteiger partial charge on any atom is 1.00 e. The number of phenols is 1. The number of nitrogens with two attached hydrogens (primary N) is 1. The van der Waals surface area contributed by atoms with E-state index in [4.69, 9.17) is 10.5 Å². The minimum atomic E-state index is -1.54. The molecule has 3 aliphatic rings. The third-order valence-corrected chi connectivity index (χ3v) is 5.74. The van der Waals surface area contributed by atoms with E-state index in [1.807, 2.05) is 0 Å². The van der Waals surface area contributed by atoms with Crippen LogP contribution in [-0.2, 0) is 20.9 Å². The Hall–Kier alpha value is -2.76. The number of primary amides is 1. The molecular weight excluding hydrogens is 419 g/mol. The van der Waals surface area contributed by atoms with Gasteiger partial charge in [-0.25, -0.2) is 9.59 Å². The number of piperidine rings is 1. The first-order chi connectivity index (χ1) is 14.3. The maximum absolute atomic E-state index is 12.7. The number of hydrogen-bond donors (Lipinski definition) is 3. The molecule has 2 saturated heterocycles. The number of rotatable bonds is 5. The number of urea groups is 1. The number of nitrogens with zero attached hydrogens (tertiary/aromatic N) is 2. The van der Waals surface area contributed by atoms with Gasteiger partial charge in [0.15, 0.2) is 0 Å². The van der Waals surface area contributed by atoms with Gasteiger partial charge in [-0.05, 0) is 29.7 Å². The standard InChI is InChI=1S/C19H20N4O7.Na/c20-18(28)30-8-12-11-5-6-22(15-13(11)23(16(15)25)14(12)17(26)27)19(29)21-7-9-1-3-10(24)4-2-9;/h1-4,11,13,15,24H,5-8H2,(H2,20,28)(H,21,29)(H,26,27);/q;+1/p-1/t11?,13-,15+;/m1./s1. The summed E-state index contributed by atoms with van der Waals surface area (Å²) in [5.74, 6) is -2.30. The number of carboxylic acid groups (broad SMARTS) is 1. The van der Waals surface area contributed by atoms with Crippen LogP contribution in [0.2, 0.25) is 0 Å². The second-order valence-electron chi connectivity index (χ2n) is 7.33. The number of nitrogens with one attached hydrogen (secondary N) is 1. The van der Waals surface area contributed by atoms with Gasteiger partial charge in [-0.1, -0.05) is 12.1 Å². The van der Waals surface area contributed by atoms with E-state index >= 15 is 0 Å². The molecule has 12 heteroatoms. The van der Waals surface area contributed by atoms with Crippen LogP contribution in [0.15, 0.2) is 35.5 Å². The van der Waals surface area contributed by atoms with Gasteiger partial charge in [-0.3, -0.25) is 4.79 Å². The summed E-state index contributed by atoms with van der Waals surface area (Å²) in [5.41, 5.74) is 5.72. The van der Waals surface area contributed by atoms with Crippen molar-refractivity contribution < 1.29 is 63.7 Å². The van der Waals surface area contributed by atoms with Gasteiger partial charge in [0.2, 0.25) is 0 Å². The zero-order valence-corrected chi connectivity index (χ0v) is 18.7. The Morgan fingerprint density at radius 2 is 1.94 bits per heavy atom. The third kappa shape index (κ3) is 3.95. The van der Waals surface area contributed by atoms with Crippen molar-refractivity contribution in [2.45, 2.75) is 25.0 Å². The number of benzene rings is 1. The SMILES string of the molecule is NC(=O)OCC1=C(C(=O)[O-])N2C(=O)[C@@H]3[C@H]2C1CCN3C(=O)NCc1ccc(O)cc1.[Na+]. The van der Waals surface area contributed by atoms with Crippen molar-refractivity contribution in [3.05, 3.63) is 41.1 Å². The van der Waals surface area contributed by atoms with Crippen LogP contribution in [0.4, 0.5) is 9.59 Å². The van der Waals surface area contributed by atoms with E-state index < -0.39 is 36.1 Å². The van der Waals surface area contributed by atoms with Crippen LogP contribution < -0.4 is 45.7 Å². The van der Waals surface area contributed by atoms with Gasteiger partial charge in [-0.15, -0.1) is 0 Å². The van der Waals surface area contributed by atoms with E-state index in [9.17, 15) is 29.4 Å². The minimum absolute atomic E-state index is 0. The monoisotopic (exact) mass is 438 g/mol. The number of ether oxygens (including phenoxy) is 1. The van der Waals surface area contributed by atoms with Crippen LogP contribution in [0.1, 0.15) is 12.0 Å². The predicted octanol–water partition coefficient (Wildman–Crippen LogP) is -4.38. The summed E-state index contributed by atoms with van der Waals surface area (Å²) in [7, 11) is 0. The molecule has 11 nitrogen and oxygen atoms in total. The molecular formula is C19H19N4NaO7. The maximum atomic E-state index is 12.7. The van der Waals surface area contributed by atoms with E-state index in [2.05, 4.69) is 5.32 Å². The fourth-order valence-electron chi connectivity index (χ4n) is 4.44. The van der Waals surface area contributed by atoms with Gasteiger partial charge >= 0.3 is 41.7 Å². The van der Waals surface area contributed by atoms with Crippen LogP contribution in [0, 0.1) is 5.92 Å². The van der Waals surface area contributed by atoms with Crippen LogP contribution >= 0.6 is 0 Å². The summed E-state index contributed by atoms with van der Waals surface area (Å²) >= 11 is 0. The predicted molar refractivity (Wildman–Crippen MR) is 97.1 cm³/mol. The van der Waals surface area contributed by atoms with Crippen LogP contribution in [0.25, 0.3) is 0 Å². The van der Waals surface area contributed by atoms with Crippen molar-refractivity contribution in [3.63, 3.8) is 0 Å². The van der Waals surface area contributed by atoms with E-state index in [0.717, 1.165) is 10.5 Å². The van der Waals surface area contributed by atoms with Crippen molar-refractivity contribution in [2.24, 2.45) is 11.7 Å². The van der Waals surface area contributed by atoms with E-state index in [0.29, 0.717) is 6.42 Å². The molecule has 0 spiro atoms. The van der Waals surface area contributed by atoms with Crippen molar-refractivity contribution in [1.29, 1.82) is 0 Å². The summed E-state index contributed by atoms with van der Waals surface area (Å²) < 4.78 is 4.77. The van der Waals surface area contributed by atoms with Gasteiger partial charge in [0.05, 0.1) is 17.7 Å². The number of aromatic hydroxyl groups is 1.